The van der Waals surface area contributed by atoms with Crippen molar-refractivity contribution in [3.63, 3.8) is 0 Å². The zero-order valence-electron chi connectivity index (χ0n) is 18.4. The number of aryl methyl sites for hydroxylation is 1. The van der Waals surface area contributed by atoms with E-state index in [-0.39, 0.29) is 0 Å². The van der Waals surface area contributed by atoms with Crippen LogP contribution >= 0.6 is 11.3 Å². The van der Waals surface area contributed by atoms with Crippen molar-refractivity contribution >= 4 is 40.5 Å². The van der Waals surface area contributed by atoms with Crippen molar-refractivity contribution in [1.29, 1.82) is 0 Å². The summed E-state index contributed by atoms with van der Waals surface area (Å²) in [6.07, 6.45) is 6.07. The highest BCUT2D eigenvalue weighted by Crippen LogP contribution is 2.29. The summed E-state index contributed by atoms with van der Waals surface area (Å²) in [5.74, 6) is 0. The van der Waals surface area contributed by atoms with Crippen LogP contribution in [0.4, 0.5) is 26.7 Å². The molecule has 1 aromatic heterocycles. The molecule has 0 aliphatic heterocycles. The van der Waals surface area contributed by atoms with Gasteiger partial charge in [0.15, 0.2) is 0 Å². The van der Waals surface area contributed by atoms with Crippen LogP contribution in [0, 0.1) is 0 Å². The van der Waals surface area contributed by atoms with Gasteiger partial charge >= 0.3 is 12.1 Å². The van der Waals surface area contributed by atoms with Crippen molar-refractivity contribution in [1.82, 2.24) is 9.78 Å². The molecule has 9 nitrogen and oxygen atoms in total. The summed E-state index contributed by atoms with van der Waals surface area (Å²) < 4.78 is 1.83. The number of hydrogen-bond donors (Lipinski definition) is 3. The molecule has 4 amide bonds. The lowest BCUT2D eigenvalue weighted by Crippen LogP contribution is -2.31. The first-order chi connectivity index (χ1) is 15.9. The normalized spacial score (nSPS) is 14.8. The molecule has 1 aliphatic rings. The number of primary amides is 2. The smallest absolute Gasteiger partial charge is 0.323 e. The Morgan fingerprint density at radius 1 is 1.03 bits per heavy atom. The quantitative estimate of drug-likeness (QED) is 0.524. The van der Waals surface area contributed by atoms with Crippen LogP contribution in [0.3, 0.4) is 0 Å². The van der Waals surface area contributed by atoms with E-state index >= 15 is 0 Å². The fraction of sp³-hybridized carbons (Fsp3) is 0.304. The van der Waals surface area contributed by atoms with Crippen LogP contribution in [0.25, 0.3) is 10.6 Å². The molecule has 0 saturated heterocycles. The second-order valence-corrected chi connectivity index (χ2v) is 8.95. The number of anilines is 3. The van der Waals surface area contributed by atoms with Gasteiger partial charge in [-0.05, 0) is 61.4 Å². The average Bonchev–Trinajstić information content (AvgIpc) is 3.16. The SMILES string of the molecule is Cn1nc(-c2ccc(N(C(N)=O)c3ccc(NC(N)=O)cc3)cc2)s/c1=N/C1CCCCC1. The molecule has 5 N–H and O–H groups in total. The first-order valence-electron chi connectivity index (χ1n) is 10.9. The van der Waals surface area contributed by atoms with Gasteiger partial charge in [-0.1, -0.05) is 30.6 Å². The van der Waals surface area contributed by atoms with Crippen molar-refractivity contribution in [2.24, 2.45) is 23.5 Å². The maximum absolute atomic E-state index is 12.2. The number of nitrogens with one attached hydrogen (secondary N) is 1. The number of hydrogen-bond acceptors (Lipinski definition) is 5. The van der Waals surface area contributed by atoms with Gasteiger partial charge in [-0.15, -0.1) is 0 Å². The molecule has 172 valence electrons. The van der Waals surface area contributed by atoms with E-state index in [1.54, 1.807) is 35.6 Å². The lowest BCUT2D eigenvalue weighted by molar-refractivity contribution is 0.256. The number of nitrogens with zero attached hydrogens (tertiary/aromatic N) is 4. The second-order valence-electron chi connectivity index (χ2n) is 7.99. The number of urea groups is 2. The van der Waals surface area contributed by atoms with Gasteiger partial charge in [0.05, 0.1) is 17.4 Å². The Morgan fingerprint density at radius 2 is 1.64 bits per heavy atom. The molecule has 2 aromatic carbocycles. The van der Waals surface area contributed by atoms with Crippen LogP contribution in [-0.4, -0.2) is 27.9 Å². The van der Waals surface area contributed by atoms with Crippen molar-refractivity contribution in [3.05, 3.63) is 53.3 Å². The Kier molecular flexibility index (Phi) is 6.74. The largest absolute Gasteiger partial charge is 0.351 e. The lowest BCUT2D eigenvalue weighted by Gasteiger charge is -2.21. The van der Waals surface area contributed by atoms with Crippen LogP contribution in [-0.2, 0) is 7.05 Å². The number of aromatic nitrogens is 2. The van der Waals surface area contributed by atoms with E-state index < -0.39 is 12.1 Å². The molecule has 10 heteroatoms. The lowest BCUT2D eigenvalue weighted by atomic mass is 9.96. The average molecular weight is 466 g/mol. The second kappa shape index (κ2) is 9.86. The summed E-state index contributed by atoms with van der Waals surface area (Å²) in [5, 5.41) is 7.99. The van der Waals surface area contributed by atoms with Gasteiger partial charge in [-0.25, -0.2) is 14.3 Å². The first-order valence-corrected chi connectivity index (χ1v) is 11.7. The number of nitrogens with two attached hydrogens (primary N) is 2. The molecular formula is C23H27N7O2S. The molecule has 1 fully saturated rings. The van der Waals surface area contributed by atoms with E-state index in [2.05, 4.69) is 10.4 Å². The number of rotatable bonds is 5. The highest BCUT2D eigenvalue weighted by Gasteiger charge is 2.17. The zero-order chi connectivity index (χ0) is 23.4. The monoisotopic (exact) mass is 465 g/mol. The van der Waals surface area contributed by atoms with Gasteiger partial charge < -0.3 is 16.8 Å². The van der Waals surface area contributed by atoms with Crippen molar-refractivity contribution < 1.29 is 9.59 Å². The molecule has 0 atom stereocenters. The fourth-order valence-electron chi connectivity index (χ4n) is 3.94. The maximum atomic E-state index is 12.2. The standard InChI is InChI=1S/C23H27N7O2S/c1-29-23(27-16-5-3-2-4-6-16)33-20(28-29)15-7-11-18(12-8-15)30(22(25)32)19-13-9-17(10-14-19)26-21(24)31/h7-14,16H,2-6H2,1H3,(H2,25,32)(H3,24,26,31)/b27-23+. The van der Waals surface area contributed by atoms with Gasteiger partial charge in [0, 0.05) is 18.3 Å². The summed E-state index contributed by atoms with van der Waals surface area (Å²) in [6, 6.07) is 13.3. The van der Waals surface area contributed by atoms with Gasteiger partial charge in [0.25, 0.3) is 0 Å². The number of amides is 4. The predicted octanol–water partition coefficient (Wildman–Crippen LogP) is 4.09. The summed E-state index contributed by atoms with van der Waals surface area (Å²) in [6.45, 7) is 0. The Bertz CT molecular complexity index is 1190. The molecule has 0 radical (unpaired) electrons. The van der Waals surface area contributed by atoms with Crippen LogP contribution in [0.15, 0.2) is 53.5 Å². The van der Waals surface area contributed by atoms with Gasteiger partial charge in [0.2, 0.25) is 4.80 Å². The highest BCUT2D eigenvalue weighted by atomic mass is 32.1. The van der Waals surface area contributed by atoms with Crippen LogP contribution in [0.5, 0.6) is 0 Å². The third-order valence-electron chi connectivity index (χ3n) is 5.56. The highest BCUT2D eigenvalue weighted by molar-refractivity contribution is 7.12. The molecule has 1 heterocycles. The Labute approximate surface area is 195 Å². The minimum Gasteiger partial charge on any atom is -0.351 e. The van der Waals surface area contributed by atoms with E-state index in [1.165, 1.54) is 24.2 Å². The number of benzene rings is 2. The van der Waals surface area contributed by atoms with Gasteiger partial charge in [0.1, 0.15) is 5.01 Å². The minimum absolute atomic E-state index is 0.384. The predicted molar refractivity (Wildman–Crippen MR) is 130 cm³/mol. The Hall–Kier alpha value is -3.66. The summed E-state index contributed by atoms with van der Waals surface area (Å²) in [5.41, 5.74) is 13.4. The molecule has 4 rings (SSSR count). The zero-order valence-corrected chi connectivity index (χ0v) is 19.2. The van der Waals surface area contributed by atoms with Crippen molar-refractivity contribution in [3.8, 4) is 10.6 Å². The number of carbonyl (C=O) groups is 2. The summed E-state index contributed by atoms with van der Waals surface area (Å²) >= 11 is 1.56. The fourth-order valence-corrected chi connectivity index (χ4v) is 4.90. The van der Waals surface area contributed by atoms with E-state index in [1.807, 2.05) is 36.0 Å². The third kappa shape index (κ3) is 5.40. The molecular weight excluding hydrogens is 438 g/mol. The molecule has 3 aromatic rings. The number of carbonyl (C=O) groups excluding carboxylic acids is 2. The van der Waals surface area contributed by atoms with Crippen molar-refractivity contribution in [2.75, 3.05) is 10.2 Å². The minimum atomic E-state index is -0.657. The molecule has 1 aliphatic carbocycles. The maximum Gasteiger partial charge on any atom is 0.323 e. The molecule has 33 heavy (non-hydrogen) atoms. The third-order valence-corrected chi connectivity index (χ3v) is 6.62. The summed E-state index contributed by atoms with van der Waals surface area (Å²) in [4.78, 5) is 30.4. The molecule has 0 unspecified atom stereocenters. The van der Waals surface area contributed by atoms with Crippen LogP contribution < -0.4 is 26.5 Å². The van der Waals surface area contributed by atoms with Crippen LogP contribution in [0.1, 0.15) is 32.1 Å². The Morgan fingerprint density at radius 3 is 2.21 bits per heavy atom. The topological polar surface area (TPSA) is 132 Å². The van der Waals surface area contributed by atoms with E-state index in [0.29, 0.717) is 23.1 Å². The van der Waals surface area contributed by atoms with E-state index in [4.69, 9.17) is 16.5 Å². The van der Waals surface area contributed by atoms with Gasteiger partial charge in [-0.3, -0.25) is 9.89 Å². The molecule has 0 spiro atoms. The molecule has 0 bridgehead atoms. The van der Waals surface area contributed by atoms with Gasteiger partial charge in [-0.2, -0.15) is 5.10 Å². The first kappa shape index (κ1) is 22.5. The van der Waals surface area contributed by atoms with E-state index in [9.17, 15) is 9.59 Å². The van der Waals surface area contributed by atoms with Crippen LogP contribution in [0.2, 0.25) is 0 Å². The van der Waals surface area contributed by atoms with E-state index in [0.717, 1.165) is 28.2 Å². The summed E-state index contributed by atoms with van der Waals surface area (Å²) in [7, 11) is 1.92. The Balaban J connectivity index is 1.56. The van der Waals surface area contributed by atoms with Crippen molar-refractivity contribution in [2.45, 2.75) is 38.1 Å². The molecule has 1 saturated carbocycles.